The average molecular weight is 324 g/mol. The van der Waals surface area contributed by atoms with Crippen LogP contribution in [0, 0.1) is 6.92 Å². The van der Waals surface area contributed by atoms with Crippen molar-refractivity contribution in [3.8, 4) is 0 Å². The number of hydrogen-bond acceptors (Lipinski definition) is 3. The molecular formula is C19H20N2OS. The Morgan fingerprint density at radius 2 is 1.91 bits per heavy atom. The Bertz CT molecular complexity index is 861. The van der Waals surface area contributed by atoms with Crippen LogP contribution in [0.3, 0.4) is 0 Å². The van der Waals surface area contributed by atoms with E-state index in [1.54, 1.807) is 6.26 Å². The molecule has 0 saturated heterocycles. The third-order valence-electron chi connectivity index (χ3n) is 3.69. The van der Waals surface area contributed by atoms with Gasteiger partial charge in [-0.25, -0.2) is 0 Å². The summed E-state index contributed by atoms with van der Waals surface area (Å²) in [5.41, 5.74) is 5.42. The lowest BCUT2D eigenvalue weighted by Crippen LogP contribution is -2.00. The van der Waals surface area contributed by atoms with Crippen LogP contribution in [-0.4, -0.2) is 15.4 Å². The smallest absolute Gasteiger partial charge is 0.0705 e. The number of aromatic nitrogens is 1. The Labute approximate surface area is 139 Å². The van der Waals surface area contributed by atoms with Gasteiger partial charge in [0.15, 0.2) is 0 Å². The molecule has 4 heteroatoms. The zero-order valence-electron chi connectivity index (χ0n) is 13.4. The zero-order chi connectivity index (χ0) is 16.2. The number of rotatable bonds is 5. The van der Waals surface area contributed by atoms with Gasteiger partial charge in [0.2, 0.25) is 0 Å². The van der Waals surface area contributed by atoms with Crippen molar-refractivity contribution in [3.05, 3.63) is 71.4 Å². The minimum absolute atomic E-state index is 0.594. The third kappa shape index (κ3) is 4.17. The summed E-state index contributed by atoms with van der Waals surface area (Å²) in [6.45, 7) is 2.76. The molecule has 0 aliphatic rings. The predicted octanol–water partition coefficient (Wildman–Crippen LogP) is 4.03. The summed E-state index contributed by atoms with van der Waals surface area (Å²) in [4.78, 5) is 4.52. The van der Waals surface area contributed by atoms with E-state index in [0.29, 0.717) is 5.75 Å². The quantitative estimate of drug-likeness (QED) is 0.770. The lowest BCUT2D eigenvalue weighted by molar-refractivity contribution is 0.686. The summed E-state index contributed by atoms with van der Waals surface area (Å²) in [6, 6.07) is 18.6. The summed E-state index contributed by atoms with van der Waals surface area (Å²) in [6.07, 6.45) is 1.73. The molecule has 0 fully saturated rings. The number of nitrogens with zero attached hydrogens (tertiary/aromatic N) is 1. The van der Waals surface area contributed by atoms with Crippen molar-refractivity contribution >= 4 is 27.4 Å². The topological polar surface area (TPSA) is 42.0 Å². The predicted molar refractivity (Wildman–Crippen MR) is 98.0 cm³/mol. The molecule has 0 bridgehead atoms. The number of fused-ring (bicyclic) bond motifs is 1. The van der Waals surface area contributed by atoms with Crippen molar-refractivity contribution in [1.29, 1.82) is 0 Å². The maximum absolute atomic E-state index is 11.3. The summed E-state index contributed by atoms with van der Waals surface area (Å²) < 4.78 is 11.3. The first-order chi connectivity index (χ1) is 11.1. The Hall–Kier alpha value is -2.20. The maximum atomic E-state index is 11.3. The van der Waals surface area contributed by atoms with E-state index >= 15 is 0 Å². The molecule has 23 heavy (non-hydrogen) atoms. The summed E-state index contributed by atoms with van der Waals surface area (Å²) in [5, 5.41) is 4.59. The van der Waals surface area contributed by atoms with E-state index in [4.69, 9.17) is 0 Å². The van der Waals surface area contributed by atoms with E-state index in [-0.39, 0.29) is 0 Å². The van der Waals surface area contributed by atoms with Crippen LogP contribution in [0.1, 0.15) is 16.8 Å². The van der Waals surface area contributed by atoms with Crippen molar-refractivity contribution in [3.63, 3.8) is 0 Å². The molecule has 1 heterocycles. The molecule has 0 amide bonds. The highest BCUT2D eigenvalue weighted by Gasteiger charge is 2.01. The lowest BCUT2D eigenvalue weighted by atomic mass is 10.1. The van der Waals surface area contributed by atoms with Crippen LogP contribution < -0.4 is 5.32 Å². The minimum Gasteiger partial charge on any atom is -0.381 e. The molecular weight excluding hydrogens is 304 g/mol. The van der Waals surface area contributed by atoms with Gasteiger partial charge in [-0.3, -0.25) is 9.19 Å². The van der Waals surface area contributed by atoms with Crippen LogP contribution >= 0.6 is 0 Å². The van der Waals surface area contributed by atoms with Crippen LogP contribution in [0.25, 0.3) is 10.9 Å². The number of aryl methyl sites for hydroxylation is 1. The first kappa shape index (κ1) is 15.7. The zero-order valence-corrected chi connectivity index (χ0v) is 14.2. The molecule has 0 aliphatic heterocycles. The van der Waals surface area contributed by atoms with Crippen LogP contribution in [0.15, 0.2) is 54.6 Å². The normalized spacial score (nSPS) is 12.3. The molecule has 0 saturated carbocycles. The molecule has 1 atom stereocenters. The van der Waals surface area contributed by atoms with Crippen molar-refractivity contribution in [2.75, 3.05) is 11.6 Å². The second-order valence-electron chi connectivity index (χ2n) is 5.75. The lowest BCUT2D eigenvalue weighted by Gasteiger charge is -2.09. The molecule has 0 spiro atoms. The van der Waals surface area contributed by atoms with Gasteiger partial charge in [0, 0.05) is 46.1 Å². The Kier molecular flexibility index (Phi) is 4.72. The average Bonchev–Trinajstić information content (AvgIpc) is 2.52. The van der Waals surface area contributed by atoms with E-state index in [9.17, 15) is 4.21 Å². The van der Waals surface area contributed by atoms with Crippen molar-refractivity contribution in [2.24, 2.45) is 0 Å². The van der Waals surface area contributed by atoms with Gasteiger partial charge in [0.1, 0.15) is 0 Å². The third-order valence-corrected chi connectivity index (χ3v) is 4.43. The second-order valence-corrected chi connectivity index (χ2v) is 7.19. The molecule has 3 aromatic rings. The Balaban J connectivity index is 1.73. The van der Waals surface area contributed by atoms with Crippen LogP contribution in [-0.2, 0) is 23.1 Å². The number of hydrogen-bond donors (Lipinski definition) is 1. The largest absolute Gasteiger partial charge is 0.381 e. The van der Waals surface area contributed by atoms with Crippen LogP contribution in [0.2, 0.25) is 0 Å². The van der Waals surface area contributed by atoms with Gasteiger partial charge in [-0.1, -0.05) is 24.3 Å². The second kappa shape index (κ2) is 6.92. The molecule has 1 aromatic heterocycles. The van der Waals surface area contributed by atoms with Gasteiger partial charge in [-0.2, -0.15) is 0 Å². The highest BCUT2D eigenvalue weighted by Crippen LogP contribution is 2.17. The van der Waals surface area contributed by atoms with Crippen LogP contribution in [0.5, 0.6) is 0 Å². The summed E-state index contributed by atoms with van der Waals surface area (Å²) in [5.74, 6) is 0.594. The maximum Gasteiger partial charge on any atom is 0.0705 e. The highest BCUT2D eigenvalue weighted by atomic mass is 32.2. The van der Waals surface area contributed by atoms with E-state index < -0.39 is 10.8 Å². The molecule has 0 aliphatic carbocycles. The Morgan fingerprint density at radius 3 is 2.74 bits per heavy atom. The highest BCUT2D eigenvalue weighted by molar-refractivity contribution is 7.83. The fourth-order valence-corrected chi connectivity index (χ4v) is 3.25. The van der Waals surface area contributed by atoms with E-state index in [0.717, 1.165) is 34.4 Å². The van der Waals surface area contributed by atoms with Gasteiger partial charge < -0.3 is 5.32 Å². The van der Waals surface area contributed by atoms with Crippen molar-refractivity contribution in [1.82, 2.24) is 4.98 Å². The van der Waals surface area contributed by atoms with Gasteiger partial charge in [0.25, 0.3) is 0 Å². The standard InChI is InChI=1S/C19H20N2OS/c1-14-6-8-17-10-15(7-9-19(17)21-14)12-20-18-5-3-4-16(11-18)13-23(2)22/h3-11,20H,12-13H2,1-2H3/t23-/m1/s1. The Morgan fingerprint density at radius 1 is 1.04 bits per heavy atom. The molecule has 3 rings (SSSR count). The number of benzene rings is 2. The fraction of sp³-hybridized carbons (Fsp3) is 0.211. The monoisotopic (exact) mass is 324 g/mol. The molecule has 0 unspecified atom stereocenters. The number of anilines is 1. The summed E-state index contributed by atoms with van der Waals surface area (Å²) in [7, 11) is -0.817. The molecule has 3 nitrogen and oxygen atoms in total. The van der Waals surface area contributed by atoms with E-state index in [2.05, 4.69) is 40.6 Å². The number of nitrogens with one attached hydrogen (secondary N) is 1. The van der Waals surface area contributed by atoms with E-state index in [1.807, 2.05) is 31.2 Å². The van der Waals surface area contributed by atoms with Gasteiger partial charge >= 0.3 is 0 Å². The van der Waals surface area contributed by atoms with Gasteiger partial charge in [-0.15, -0.1) is 0 Å². The first-order valence-electron chi connectivity index (χ1n) is 7.59. The first-order valence-corrected chi connectivity index (χ1v) is 9.32. The fourth-order valence-electron chi connectivity index (χ4n) is 2.60. The molecule has 0 radical (unpaired) electrons. The SMILES string of the molecule is Cc1ccc2cc(CNc3cccc(C[S@@](C)=O)c3)ccc2n1. The van der Waals surface area contributed by atoms with Crippen molar-refractivity contribution < 1.29 is 4.21 Å². The van der Waals surface area contributed by atoms with Gasteiger partial charge in [0.05, 0.1) is 5.52 Å². The van der Waals surface area contributed by atoms with Gasteiger partial charge in [-0.05, 0) is 48.4 Å². The van der Waals surface area contributed by atoms with E-state index in [1.165, 1.54) is 5.56 Å². The summed E-state index contributed by atoms with van der Waals surface area (Å²) >= 11 is 0. The minimum atomic E-state index is -0.817. The molecule has 2 aromatic carbocycles. The van der Waals surface area contributed by atoms with Crippen LogP contribution in [0.4, 0.5) is 5.69 Å². The van der Waals surface area contributed by atoms with Crippen molar-refractivity contribution in [2.45, 2.75) is 19.2 Å². The molecule has 1 N–H and O–H groups in total. The number of pyridine rings is 1. The molecule has 118 valence electrons.